The Bertz CT molecular complexity index is 1050. The van der Waals surface area contributed by atoms with Crippen LogP contribution in [0.2, 0.25) is 0 Å². The van der Waals surface area contributed by atoms with E-state index in [1.165, 1.54) is 5.56 Å². The summed E-state index contributed by atoms with van der Waals surface area (Å²) < 4.78 is 7.24. The Labute approximate surface area is 182 Å². The van der Waals surface area contributed by atoms with Gasteiger partial charge in [0, 0.05) is 35.5 Å². The number of hydrogen-bond donors (Lipinski definition) is 0. The summed E-state index contributed by atoms with van der Waals surface area (Å²) in [6.45, 7) is 4.33. The van der Waals surface area contributed by atoms with Gasteiger partial charge in [0.05, 0.1) is 6.42 Å². The summed E-state index contributed by atoms with van der Waals surface area (Å²) in [5.41, 5.74) is 4.24. The van der Waals surface area contributed by atoms with Gasteiger partial charge in [0.25, 0.3) is 0 Å². The van der Waals surface area contributed by atoms with Crippen LogP contribution in [-0.4, -0.2) is 28.7 Å². The lowest BCUT2D eigenvalue weighted by molar-refractivity contribution is -0.142. The van der Waals surface area contributed by atoms with Gasteiger partial charge in [0.2, 0.25) is 5.78 Å². The van der Waals surface area contributed by atoms with E-state index in [1.54, 1.807) is 24.3 Å². The van der Waals surface area contributed by atoms with Crippen LogP contribution < -0.4 is 0 Å². The monoisotopic (exact) mass is 417 g/mol. The molecule has 2 aromatic carbocycles. The number of nitrogens with zero attached hydrogens (tertiary/aromatic N) is 1. The number of aryl methyl sites for hydroxylation is 2. The Kier molecular flexibility index (Phi) is 7.55. The smallest absolute Gasteiger partial charge is 0.306 e. The zero-order chi connectivity index (χ0) is 22.2. The molecule has 0 atom stereocenters. The molecule has 0 N–H and O–H groups in total. The lowest BCUT2D eigenvalue weighted by Gasteiger charge is -2.10. The zero-order valence-corrected chi connectivity index (χ0v) is 18.0. The van der Waals surface area contributed by atoms with Crippen molar-refractivity contribution in [3.8, 4) is 0 Å². The van der Waals surface area contributed by atoms with Crippen molar-refractivity contribution >= 4 is 17.5 Å². The van der Waals surface area contributed by atoms with E-state index < -0.39 is 5.97 Å². The van der Waals surface area contributed by atoms with Crippen molar-refractivity contribution in [2.45, 2.75) is 39.7 Å². The van der Waals surface area contributed by atoms with Crippen LogP contribution in [0, 0.1) is 13.8 Å². The predicted molar refractivity (Wildman–Crippen MR) is 119 cm³/mol. The molecule has 1 aromatic heterocycles. The standard InChI is InChI=1S/C26H27NO4/c1-19-17-23(20(2)27(19)16-15-21-9-5-3-6-10-21)25(29)18-31-26(30)14-13-24(28)22-11-7-4-8-12-22/h3-12,17H,13-16,18H2,1-2H3. The Hall–Kier alpha value is -3.47. The summed E-state index contributed by atoms with van der Waals surface area (Å²) in [6, 6.07) is 20.8. The summed E-state index contributed by atoms with van der Waals surface area (Å²) in [7, 11) is 0. The van der Waals surface area contributed by atoms with Gasteiger partial charge in [-0.3, -0.25) is 14.4 Å². The Morgan fingerprint density at radius 3 is 2.16 bits per heavy atom. The molecule has 0 radical (unpaired) electrons. The van der Waals surface area contributed by atoms with E-state index in [1.807, 2.05) is 44.2 Å². The fraction of sp³-hybridized carbons (Fsp3) is 0.269. The van der Waals surface area contributed by atoms with Gasteiger partial charge >= 0.3 is 5.97 Å². The van der Waals surface area contributed by atoms with Crippen LogP contribution in [0.1, 0.15) is 50.5 Å². The highest BCUT2D eigenvalue weighted by Gasteiger charge is 2.18. The summed E-state index contributed by atoms with van der Waals surface area (Å²) in [5, 5.41) is 0. The highest BCUT2D eigenvalue weighted by Crippen LogP contribution is 2.17. The fourth-order valence-electron chi connectivity index (χ4n) is 3.59. The first kappa shape index (κ1) is 22.2. The minimum atomic E-state index is -0.546. The van der Waals surface area contributed by atoms with Crippen LogP contribution >= 0.6 is 0 Å². The van der Waals surface area contributed by atoms with E-state index in [9.17, 15) is 14.4 Å². The fourth-order valence-corrected chi connectivity index (χ4v) is 3.59. The van der Waals surface area contributed by atoms with E-state index in [-0.39, 0.29) is 31.0 Å². The van der Waals surface area contributed by atoms with Crippen molar-refractivity contribution < 1.29 is 19.1 Å². The molecule has 0 spiro atoms. The van der Waals surface area contributed by atoms with Gasteiger partial charge < -0.3 is 9.30 Å². The van der Waals surface area contributed by atoms with Crippen LogP contribution in [-0.2, 0) is 22.5 Å². The molecular weight excluding hydrogens is 390 g/mol. The molecule has 3 rings (SSSR count). The first-order chi connectivity index (χ1) is 15.0. The highest BCUT2D eigenvalue weighted by molar-refractivity contribution is 6.00. The van der Waals surface area contributed by atoms with Crippen LogP contribution in [0.25, 0.3) is 0 Å². The summed E-state index contributed by atoms with van der Waals surface area (Å²) in [4.78, 5) is 36.7. The Morgan fingerprint density at radius 2 is 1.48 bits per heavy atom. The molecule has 31 heavy (non-hydrogen) atoms. The molecule has 0 aliphatic rings. The normalized spacial score (nSPS) is 10.6. The van der Waals surface area contributed by atoms with Gasteiger partial charge in [-0.2, -0.15) is 0 Å². The molecule has 1 heterocycles. The molecule has 0 saturated carbocycles. The average Bonchev–Trinajstić information content (AvgIpc) is 3.09. The molecule has 0 bridgehead atoms. The summed E-state index contributed by atoms with van der Waals surface area (Å²) in [5.74, 6) is -0.900. The van der Waals surface area contributed by atoms with Crippen molar-refractivity contribution in [1.82, 2.24) is 4.57 Å². The van der Waals surface area contributed by atoms with Crippen molar-refractivity contribution in [1.29, 1.82) is 0 Å². The molecule has 0 amide bonds. The minimum Gasteiger partial charge on any atom is -0.457 e. The van der Waals surface area contributed by atoms with Gasteiger partial charge in [-0.1, -0.05) is 60.7 Å². The first-order valence-corrected chi connectivity index (χ1v) is 10.4. The molecule has 0 aliphatic heterocycles. The number of Topliss-reactive ketones (excluding diaryl/α,β-unsaturated/α-hetero) is 2. The Morgan fingerprint density at radius 1 is 0.839 bits per heavy atom. The first-order valence-electron chi connectivity index (χ1n) is 10.4. The van der Waals surface area contributed by atoms with E-state index in [0.29, 0.717) is 11.1 Å². The van der Waals surface area contributed by atoms with E-state index in [4.69, 9.17) is 4.74 Å². The SMILES string of the molecule is Cc1cc(C(=O)COC(=O)CCC(=O)c2ccccc2)c(C)n1CCc1ccccc1. The van der Waals surface area contributed by atoms with Gasteiger partial charge in [0.15, 0.2) is 12.4 Å². The number of carbonyl (C=O) groups is 3. The molecule has 3 aromatic rings. The second-order valence-electron chi connectivity index (χ2n) is 7.55. The topological polar surface area (TPSA) is 65.4 Å². The van der Waals surface area contributed by atoms with E-state index in [0.717, 1.165) is 24.4 Å². The van der Waals surface area contributed by atoms with Gasteiger partial charge in [-0.25, -0.2) is 0 Å². The maximum Gasteiger partial charge on any atom is 0.306 e. The van der Waals surface area contributed by atoms with Crippen LogP contribution in [0.15, 0.2) is 66.7 Å². The largest absolute Gasteiger partial charge is 0.457 e. The summed E-state index contributed by atoms with van der Waals surface area (Å²) in [6.07, 6.45) is 0.886. The molecule has 160 valence electrons. The number of rotatable bonds is 10. The molecule has 0 aliphatic carbocycles. The third-order valence-corrected chi connectivity index (χ3v) is 5.36. The van der Waals surface area contributed by atoms with E-state index >= 15 is 0 Å². The number of esters is 1. The van der Waals surface area contributed by atoms with Crippen molar-refractivity contribution in [3.05, 3.63) is 94.8 Å². The zero-order valence-electron chi connectivity index (χ0n) is 18.0. The lowest BCUT2D eigenvalue weighted by atomic mass is 10.1. The number of benzene rings is 2. The molecule has 5 heteroatoms. The number of carbonyl (C=O) groups excluding carboxylic acids is 3. The van der Waals surface area contributed by atoms with Crippen LogP contribution in [0.4, 0.5) is 0 Å². The molecule has 5 nitrogen and oxygen atoms in total. The second-order valence-corrected chi connectivity index (χ2v) is 7.55. The summed E-state index contributed by atoms with van der Waals surface area (Å²) >= 11 is 0. The number of ether oxygens (including phenoxy) is 1. The number of ketones is 2. The Balaban J connectivity index is 1.51. The van der Waals surface area contributed by atoms with Crippen molar-refractivity contribution in [3.63, 3.8) is 0 Å². The third kappa shape index (κ3) is 6.01. The van der Waals surface area contributed by atoms with E-state index in [2.05, 4.69) is 16.7 Å². The van der Waals surface area contributed by atoms with Crippen molar-refractivity contribution in [2.24, 2.45) is 0 Å². The van der Waals surface area contributed by atoms with Crippen LogP contribution in [0.5, 0.6) is 0 Å². The number of aromatic nitrogens is 1. The predicted octanol–water partition coefficient (Wildman–Crippen LogP) is 4.74. The maximum atomic E-state index is 12.6. The maximum absolute atomic E-state index is 12.6. The van der Waals surface area contributed by atoms with Gasteiger partial charge in [-0.15, -0.1) is 0 Å². The minimum absolute atomic E-state index is 0.0445. The molecule has 0 unspecified atom stereocenters. The highest BCUT2D eigenvalue weighted by atomic mass is 16.5. The molecule has 0 fully saturated rings. The second kappa shape index (κ2) is 10.5. The van der Waals surface area contributed by atoms with Gasteiger partial charge in [-0.05, 0) is 31.9 Å². The molecule has 0 saturated heterocycles. The lowest BCUT2D eigenvalue weighted by Crippen LogP contribution is -2.16. The third-order valence-electron chi connectivity index (χ3n) is 5.36. The van der Waals surface area contributed by atoms with Crippen molar-refractivity contribution in [2.75, 3.05) is 6.61 Å². The average molecular weight is 418 g/mol. The molecular formula is C26H27NO4. The van der Waals surface area contributed by atoms with Gasteiger partial charge in [0.1, 0.15) is 0 Å². The number of hydrogen-bond acceptors (Lipinski definition) is 4. The van der Waals surface area contributed by atoms with Crippen LogP contribution in [0.3, 0.4) is 0 Å². The quantitative estimate of drug-likeness (QED) is 0.353.